The fourth-order valence-electron chi connectivity index (χ4n) is 1.89. The molecule has 0 saturated heterocycles. The summed E-state index contributed by atoms with van der Waals surface area (Å²) in [6.45, 7) is 0. The average molecular weight is 328 g/mol. The molecule has 0 aliphatic heterocycles. The standard InChI is InChI=1S/C16H9F5O2/c17-12-7-10(15(23)8-13(12)18)14(22)6-5-9-3-1-2-4-11(9)16(19,20)21/h1-8,23H. The first kappa shape index (κ1) is 16.7. The van der Waals surface area contributed by atoms with Gasteiger partial charge in [-0.15, -0.1) is 0 Å². The Bertz CT molecular complexity index is 779. The van der Waals surface area contributed by atoms with Gasteiger partial charge in [0.1, 0.15) is 5.75 Å². The number of ketones is 1. The van der Waals surface area contributed by atoms with Crippen LogP contribution in [0.25, 0.3) is 6.08 Å². The number of phenolic OH excluding ortho intramolecular Hbond substituents is 1. The van der Waals surface area contributed by atoms with Gasteiger partial charge < -0.3 is 5.11 Å². The number of aromatic hydroxyl groups is 1. The molecule has 0 bridgehead atoms. The summed E-state index contributed by atoms with van der Waals surface area (Å²) in [4.78, 5) is 11.8. The van der Waals surface area contributed by atoms with Crippen molar-refractivity contribution in [3.05, 3.63) is 70.8 Å². The molecule has 0 saturated carbocycles. The number of hydrogen-bond acceptors (Lipinski definition) is 2. The molecule has 0 atom stereocenters. The molecule has 0 radical (unpaired) electrons. The van der Waals surface area contributed by atoms with Crippen molar-refractivity contribution in [2.75, 3.05) is 0 Å². The normalized spacial score (nSPS) is 11.9. The molecule has 2 nitrogen and oxygen atoms in total. The van der Waals surface area contributed by atoms with E-state index in [0.29, 0.717) is 12.1 Å². The van der Waals surface area contributed by atoms with E-state index in [1.807, 2.05) is 0 Å². The van der Waals surface area contributed by atoms with Crippen molar-refractivity contribution >= 4 is 11.9 Å². The van der Waals surface area contributed by atoms with Gasteiger partial charge in [-0.1, -0.05) is 24.3 Å². The highest BCUT2D eigenvalue weighted by Gasteiger charge is 2.32. The summed E-state index contributed by atoms with van der Waals surface area (Å²) >= 11 is 0. The molecule has 23 heavy (non-hydrogen) atoms. The second kappa shape index (κ2) is 6.20. The van der Waals surface area contributed by atoms with Gasteiger partial charge in [-0.25, -0.2) is 8.78 Å². The minimum atomic E-state index is -4.60. The molecular weight excluding hydrogens is 319 g/mol. The maximum atomic E-state index is 13.1. The van der Waals surface area contributed by atoms with E-state index in [1.54, 1.807) is 0 Å². The fraction of sp³-hybridized carbons (Fsp3) is 0.0625. The summed E-state index contributed by atoms with van der Waals surface area (Å²) in [5.41, 5.74) is -1.77. The second-order valence-corrected chi connectivity index (χ2v) is 4.57. The Morgan fingerprint density at radius 2 is 1.65 bits per heavy atom. The predicted molar refractivity (Wildman–Crippen MR) is 72.8 cm³/mol. The summed E-state index contributed by atoms with van der Waals surface area (Å²) in [6.07, 6.45) is -2.96. The molecule has 0 aliphatic carbocycles. The zero-order chi connectivity index (χ0) is 17.2. The summed E-state index contributed by atoms with van der Waals surface area (Å²) in [5, 5.41) is 9.43. The number of halogens is 5. The van der Waals surface area contributed by atoms with Crippen LogP contribution in [0.15, 0.2) is 42.5 Å². The molecule has 0 aliphatic rings. The number of allylic oxidation sites excluding steroid dienone is 1. The van der Waals surface area contributed by atoms with Crippen LogP contribution in [0.2, 0.25) is 0 Å². The van der Waals surface area contributed by atoms with E-state index in [4.69, 9.17) is 0 Å². The van der Waals surface area contributed by atoms with Gasteiger partial charge in [0.15, 0.2) is 17.4 Å². The van der Waals surface area contributed by atoms with Crippen LogP contribution >= 0.6 is 0 Å². The number of phenols is 1. The van der Waals surface area contributed by atoms with Crippen LogP contribution < -0.4 is 0 Å². The largest absolute Gasteiger partial charge is 0.507 e. The lowest BCUT2D eigenvalue weighted by Crippen LogP contribution is -2.07. The molecule has 0 fully saturated rings. The molecule has 7 heteroatoms. The van der Waals surface area contributed by atoms with Crippen LogP contribution in [0.1, 0.15) is 21.5 Å². The Balaban J connectivity index is 2.35. The zero-order valence-corrected chi connectivity index (χ0v) is 11.4. The SMILES string of the molecule is O=C(C=Cc1ccccc1C(F)(F)F)c1cc(F)c(F)cc1O. The molecule has 2 aromatic carbocycles. The zero-order valence-electron chi connectivity index (χ0n) is 11.4. The highest BCUT2D eigenvalue weighted by Crippen LogP contribution is 2.32. The van der Waals surface area contributed by atoms with Crippen LogP contribution in [0, 0.1) is 11.6 Å². The van der Waals surface area contributed by atoms with Crippen molar-refractivity contribution < 1.29 is 31.9 Å². The predicted octanol–water partition coefficient (Wildman–Crippen LogP) is 4.59. The van der Waals surface area contributed by atoms with E-state index < -0.39 is 40.5 Å². The molecular formula is C16H9F5O2. The smallest absolute Gasteiger partial charge is 0.416 e. The molecule has 1 N–H and O–H groups in total. The molecule has 0 heterocycles. The van der Waals surface area contributed by atoms with Gasteiger partial charge in [0.25, 0.3) is 0 Å². The summed E-state index contributed by atoms with van der Waals surface area (Å²) in [6, 6.07) is 5.45. The van der Waals surface area contributed by atoms with E-state index in [2.05, 4.69) is 0 Å². The minimum Gasteiger partial charge on any atom is -0.507 e. The highest BCUT2D eigenvalue weighted by molar-refractivity contribution is 6.08. The number of benzene rings is 2. The van der Waals surface area contributed by atoms with Gasteiger partial charge in [-0.05, 0) is 23.8 Å². The van der Waals surface area contributed by atoms with E-state index in [0.717, 1.165) is 24.3 Å². The van der Waals surface area contributed by atoms with E-state index in [9.17, 15) is 31.9 Å². The van der Waals surface area contributed by atoms with Crippen LogP contribution in [0.4, 0.5) is 22.0 Å². The Morgan fingerprint density at radius 3 is 2.30 bits per heavy atom. The number of alkyl halides is 3. The first-order valence-corrected chi connectivity index (χ1v) is 6.27. The Hall–Kier alpha value is -2.70. The molecule has 0 spiro atoms. The number of hydrogen-bond donors (Lipinski definition) is 1. The number of carbonyl (C=O) groups excluding carboxylic acids is 1. The first-order valence-electron chi connectivity index (χ1n) is 6.27. The second-order valence-electron chi connectivity index (χ2n) is 4.57. The lowest BCUT2D eigenvalue weighted by Gasteiger charge is -2.09. The fourth-order valence-corrected chi connectivity index (χ4v) is 1.89. The Kier molecular flexibility index (Phi) is 4.49. The maximum Gasteiger partial charge on any atom is 0.416 e. The lowest BCUT2D eigenvalue weighted by molar-refractivity contribution is -0.137. The highest BCUT2D eigenvalue weighted by atomic mass is 19.4. The van der Waals surface area contributed by atoms with Gasteiger partial charge >= 0.3 is 6.18 Å². The van der Waals surface area contributed by atoms with Crippen molar-refractivity contribution in [2.45, 2.75) is 6.18 Å². The summed E-state index contributed by atoms with van der Waals surface area (Å²) in [7, 11) is 0. The summed E-state index contributed by atoms with van der Waals surface area (Å²) < 4.78 is 64.4. The van der Waals surface area contributed by atoms with Crippen LogP contribution in [0.3, 0.4) is 0 Å². The lowest BCUT2D eigenvalue weighted by atomic mass is 10.0. The van der Waals surface area contributed by atoms with Gasteiger partial charge in [-0.2, -0.15) is 13.2 Å². The molecule has 2 rings (SSSR count). The van der Waals surface area contributed by atoms with E-state index >= 15 is 0 Å². The monoisotopic (exact) mass is 328 g/mol. The van der Waals surface area contributed by atoms with Crippen molar-refractivity contribution in [3.8, 4) is 5.75 Å². The molecule has 2 aromatic rings. The van der Waals surface area contributed by atoms with Gasteiger partial charge in [0.05, 0.1) is 11.1 Å². The van der Waals surface area contributed by atoms with Crippen LogP contribution in [-0.4, -0.2) is 10.9 Å². The Labute approximate surface area is 127 Å². The number of carbonyl (C=O) groups is 1. The minimum absolute atomic E-state index is 0.268. The van der Waals surface area contributed by atoms with Crippen LogP contribution in [0.5, 0.6) is 5.75 Å². The molecule has 0 amide bonds. The van der Waals surface area contributed by atoms with Gasteiger partial charge in [-0.3, -0.25) is 4.79 Å². The molecule has 0 unspecified atom stereocenters. The topological polar surface area (TPSA) is 37.3 Å². The van der Waals surface area contributed by atoms with Gasteiger partial charge in [0.2, 0.25) is 0 Å². The molecule has 0 aromatic heterocycles. The third kappa shape index (κ3) is 3.74. The quantitative estimate of drug-likeness (QED) is 0.508. The van der Waals surface area contributed by atoms with Gasteiger partial charge in [0, 0.05) is 6.07 Å². The Morgan fingerprint density at radius 1 is 1.04 bits per heavy atom. The summed E-state index contributed by atoms with van der Waals surface area (Å²) in [5.74, 6) is -4.46. The van der Waals surface area contributed by atoms with Crippen molar-refractivity contribution in [1.82, 2.24) is 0 Å². The van der Waals surface area contributed by atoms with E-state index in [-0.39, 0.29) is 5.56 Å². The van der Waals surface area contributed by atoms with E-state index in [1.165, 1.54) is 12.1 Å². The average Bonchev–Trinajstić information content (AvgIpc) is 2.48. The number of rotatable bonds is 3. The third-order valence-corrected chi connectivity index (χ3v) is 2.98. The van der Waals surface area contributed by atoms with Crippen LogP contribution in [-0.2, 0) is 6.18 Å². The first-order chi connectivity index (χ1) is 10.7. The van der Waals surface area contributed by atoms with Crippen molar-refractivity contribution in [1.29, 1.82) is 0 Å². The molecule has 120 valence electrons. The van der Waals surface area contributed by atoms with Crippen molar-refractivity contribution in [3.63, 3.8) is 0 Å². The third-order valence-electron chi connectivity index (χ3n) is 2.98. The van der Waals surface area contributed by atoms with Crippen molar-refractivity contribution in [2.24, 2.45) is 0 Å². The maximum absolute atomic E-state index is 13.1.